The summed E-state index contributed by atoms with van der Waals surface area (Å²) in [6, 6.07) is 10.1. The predicted octanol–water partition coefficient (Wildman–Crippen LogP) is 3.58. The molecule has 0 aromatic heterocycles. The average Bonchev–Trinajstić information content (AvgIpc) is 2.52. The van der Waals surface area contributed by atoms with E-state index in [1.807, 2.05) is 13.8 Å². The summed E-state index contributed by atoms with van der Waals surface area (Å²) >= 11 is 6.11. The van der Waals surface area contributed by atoms with Crippen LogP contribution in [-0.4, -0.2) is 23.3 Å². The van der Waals surface area contributed by atoms with Crippen LogP contribution in [0.15, 0.2) is 41.5 Å². The molecule has 0 radical (unpaired) electrons. The molecule has 24 heavy (non-hydrogen) atoms. The number of phenols is 1. The zero-order valence-corrected chi connectivity index (χ0v) is 14.5. The molecular formula is C18H19ClN2O3. The summed E-state index contributed by atoms with van der Waals surface area (Å²) in [5.41, 5.74) is 4.86. The van der Waals surface area contributed by atoms with E-state index < -0.39 is 6.10 Å². The van der Waals surface area contributed by atoms with Gasteiger partial charge >= 0.3 is 0 Å². The van der Waals surface area contributed by atoms with Gasteiger partial charge in [-0.25, -0.2) is 5.43 Å². The van der Waals surface area contributed by atoms with Crippen molar-refractivity contribution in [1.29, 1.82) is 0 Å². The number of ether oxygens (including phenoxy) is 1. The van der Waals surface area contributed by atoms with Crippen LogP contribution < -0.4 is 10.2 Å². The third kappa shape index (κ3) is 4.73. The van der Waals surface area contributed by atoms with Crippen LogP contribution >= 0.6 is 11.6 Å². The van der Waals surface area contributed by atoms with E-state index in [-0.39, 0.29) is 11.7 Å². The van der Waals surface area contributed by atoms with Gasteiger partial charge in [0.05, 0.1) is 6.21 Å². The minimum Gasteiger partial charge on any atom is -0.508 e. The van der Waals surface area contributed by atoms with Crippen LogP contribution in [0.2, 0.25) is 5.02 Å². The smallest absolute Gasteiger partial charge is 0.280 e. The number of benzene rings is 2. The Morgan fingerprint density at radius 1 is 1.29 bits per heavy atom. The van der Waals surface area contributed by atoms with Crippen molar-refractivity contribution < 1.29 is 14.6 Å². The molecule has 6 heteroatoms. The van der Waals surface area contributed by atoms with Gasteiger partial charge in [0.1, 0.15) is 11.5 Å². The Balaban J connectivity index is 1.95. The van der Waals surface area contributed by atoms with E-state index in [0.717, 1.165) is 11.1 Å². The first kappa shape index (κ1) is 17.8. The molecule has 2 N–H and O–H groups in total. The first-order chi connectivity index (χ1) is 11.4. The van der Waals surface area contributed by atoms with Gasteiger partial charge in [-0.2, -0.15) is 5.10 Å². The van der Waals surface area contributed by atoms with Crippen molar-refractivity contribution in [3.63, 3.8) is 0 Å². The second kappa shape index (κ2) is 7.84. The van der Waals surface area contributed by atoms with Crippen molar-refractivity contribution in [3.05, 3.63) is 58.1 Å². The Kier molecular flexibility index (Phi) is 5.82. The number of aryl methyl sites for hydroxylation is 2. The maximum Gasteiger partial charge on any atom is 0.280 e. The van der Waals surface area contributed by atoms with Crippen molar-refractivity contribution in [2.24, 2.45) is 5.10 Å². The summed E-state index contributed by atoms with van der Waals surface area (Å²) in [6.45, 7) is 5.40. The number of nitrogens with one attached hydrogen (secondary N) is 1. The van der Waals surface area contributed by atoms with Gasteiger partial charge in [-0.15, -0.1) is 0 Å². The maximum atomic E-state index is 12.0. The molecule has 0 aliphatic rings. The number of rotatable bonds is 5. The lowest BCUT2D eigenvalue weighted by Crippen LogP contribution is -2.33. The lowest BCUT2D eigenvalue weighted by atomic mass is 10.1. The normalized spacial score (nSPS) is 12.2. The lowest BCUT2D eigenvalue weighted by molar-refractivity contribution is -0.127. The maximum absolute atomic E-state index is 12.0. The van der Waals surface area contributed by atoms with Crippen molar-refractivity contribution in [1.82, 2.24) is 5.43 Å². The molecule has 0 saturated heterocycles. The molecule has 0 fully saturated rings. The van der Waals surface area contributed by atoms with Crippen molar-refractivity contribution >= 4 is 23.7 Å². The molecule has 1 amide bonds. The topological polar surface area (TPSA) is 70.9 Å². The Labute approximate surface area is 145 Å². The summed E-state index contributed by atoms with van der Waals surface area (Å²) in [7, 11) is 0. The number of nitrogens with zero attached hydrogens (tertiary/aromatic N) is 1. The largest absolute Gasteiger partial charge is 0.508 e. The van der Waals surface area contributed by atoms with Gasteiger partial charge in [-0.1, -0.05) is 23.7 Å². The zero-order chi connectivity index (χ0) is 17.7. The fraction of sp³-hybridized carbons (Fsp3) is 0.222. The number of halogens is 1. The molecule has 2 rings (SSSR count). The highest BCUT2D eigenvalue weighted by atomic mass is 35.5. The van der Waals surface area contributed by atoms with E-state index in [4.69, 9.17) is 16.3 Å². The molecule has 1 unspecified atom stereocenters. The molecular weight excluding hydrogens is 328 g/mol. The number of carbonyl (C=O) groups excluding carboxylic acids is 1. The molecule has 5 nitrogen and oxygen atoms in total. The predicted molar refractivity (Wildman–Crippen MR) is 94.9 cm³/mol. The van der Waals surface area contributed by atoms with E-state index in [2.05, 4.69) is 10.5 Å². The Bertz CT molecular complexity index is 752. The molecule has 0 aliphatic carbocycles. The van der Waals surface area contributed by atoms with Crippen LogP contribution in [0.5, 0.6) is 11.5 Å². The molecule has 0 heterocycles. The van der Waals surface area contributed by atoms with E-state index in [1.165, 1.54) is 12.3 Å². The molecule has 0 spiro atoms. The first-order valence-electron chi connectivity index (χ1n) is 7.42. The zero-order valence-electron chi connectivity index (χ0n) is 13.7. The van der Waals surface area contributed by atoms with Gasteiger partial charge in [0.15, 0.2) is 6.10 Å². The number of hydrogen-bond acceptors (Lipinski definition) is 4. The standard InChI is InChI=1S/C18H19ClN2O3/c1-11-7-16(8-12(2)17(11)19)24-13(3)18(23)21-20-10-14-5-4-6-15(22)9-14/h4-10,13,22H,1-3H3,(H,21,23)/b20-10+. The highest BCUT2D eigenvalue weighted by molar-refractivity contribution is 6.32. The SMILES string of the molecule is Cc1cc(OC(C)C(=O)N/N=C/c2cccc(O)c2)cc(C)c1Cl. The minimum atomic E-state index is -0.716. The van der Waals surface area contributed by atoms with Crippen molar-refractivity contribution in [2.45, 2.75) is 26.9 Å². The Morgan fingerprint density at radius 3 is 2.58 bits per heavy atom. The second-order valence-electron chi connectivity index (χ2n) is 5.46. The molecule has 1 atom stereocenters. The van der Waals surface area contributed by atoms with Crippen molar-refractivity contribution in [2.75, 3.05) is 0 Å². The first-order valence-corrected chi connectivity index (χ1v) is 7.80. The van der Waals surface area contributed by atoms with Crippen LogP contribution in [0.1, 0.15) is 23.6 Å². The van der Waals surface area contributed by atoms with Crippen LogP contribution in [0, 0.1) is 13.8 Å². The number of amides is 1. The van der Waals surface area contributed by atoms with Gasteiger partial charge in [0.2, 0.25) is 0 Å². The van der Waals surface area contributed by atoms with Crippen LogP contribution in [-0.2, 0) is 4.79 Å². The minimum absolute atomic E-state index is 0.135. The van der Waals surface area contributed by atoms with E-state index in [1.54, 1.807) is 37.3 Å². The fourth-order valence-electron chi connectivity index (χ4n) is 2.10. The average molecular weight is 347 g/mol. The van der Waals surface area contributed by atoms with Crippen LogP contribution in [0.3, 0.4) is 0 Å². The van der Waals surface area contributed by atoms with E-state index in [0.29, 0.717) is 16.3 Å². The molecule has 0 bridgehead atoms. The number of carbonyl (C=O) groups is 1. The molecule has 0 saturated carbocycles. The summed E-state index contributed by atoms with van der Waals surface area (Å²) in [5.74, 6) is 0.334. The summed E-state index contributed by atoms with van der Waals surface area (Å²) in [4.78, 5) is 12.0. The van der Waals surface area contributed by atoms with Gasteiger partial charge in [-0.3, -0.25) is 4.79 Å². The van der Waals surface area contributed by atoms with E-state index >= 15 is 0 Å². The highest BCUT2D eigenvalue weighted by Gasteiger charge is 2.15. The molecule has 2 aromatic carbocycles. The van der Waals surface area contributed by atoms with Gasteiger partial charge < -0.3 is 9.84 Å². The Hall–Kier alpha value is -2.53. The van der Waals surface area contributed by atoms with Gasteiger partial charge in [0.25, 0.3) is 5.91 Å². The number of hydrogen-bond donors (Lipinski definition) is 2. The van der Waals surface area contributed by atoms with Crippen LogP contribution in [0.4, 0.5) is 0 Å². The fourth-order valence-corrected chi connectivity index (χ4v) is 2.21. The molecule has 2 aromatic rings. The monoisotopic (exact) mass is 346 g/mol. The molecule has 0 aliphatic heterocycles. The summed E-state index contributed by atoms with van der Waals surface area (Å²) in [6.07, 6.45) is 0.729. The van der Waals surface area contributed by atoms with E-state index in [9.17, 15) is 9.90 Å². The van der Waals surface area contributed by atoms with Crippen molar-refractivity contribution in [3.8, 4) is 11.5 Å². The summed E-state index contributed by atoms with van der Waals surface area (Å²) in [5, 5.41) is 13.9. The lowest BCUT2D eigenvalue weighted by Gasteiger charge is -2.14. The van der Waals surface area contributed by atoms with Crippen LogP contribution in [0.25, 0.3) is 0 Å². The molecule has 126 valence electrons. The van der Waals surface area contributed by atoms with Gasteiger partial charge in [0, 0.05) is 5.02 Å². The summed E-state index contributed by atoms with van der Waals surface area (Å²) < 4.78 is 5.63. The highest BCUT2D eigenvalue weighted by Crippen LogP contribution is 2.26. The quantitative estimate of drug-likeness (QED) is 0.642. The third-order valence-electron chi connectivity index (χ3n) is 3.35. The number of aromatic hydroxyl groups is 1. The second-order valence-corrected chi connectivity index (χ2v) is 5.84. The number of phenolic OH excluding ortho intramolecular Hbond substituents is 1. The Morgan fingerprint density at radius 2 is 1.96 bits per heavy atom. The van der Waals surface area contributed by atoms with Gasteiger partial charge in [-0.05, 0) is 61.7 Å². The number of hydrazone groups is 1. The third-order valence-corrected chi connectivity index (χ3v) is 3.95.